The van der Waals surface area contributed by atoms with E-state index in [1.165, 1.54) is 26.2 Å². The van der Waals surface area contributed by atoms with Gasteiger partial charge in [0.2, 0.25) is 10.0 Å². The van der Waals surface area contributed by atoms with E-state index >= 15 is 0 Å². The molecular weight excluding hydrogens is 240 g/mol. The van der Waals surface area contributed by atoms with Crippen LogP contribution in [0.4, 0.5) is 0 Å². The summed E-state index contributed by atoms with van der Waals surface area (Å²) in [4.78, 5) is 11.7. The fourth-order valence-corrected chi connectivity index (χ4v) is 2.22. The van der Waals surface area contributed by atoms with E-state index in [9.17, 15) is 13.2 Å². The van der Waals surface area contributed by atoms with Crippen LogP contribution in [0.2, 0.25) is 0 Å². The topological polar surface area (TPSA) is 66.5 Å². The van der Waals surface area contributed by atoms with E-state index in [1.807, 2.05) is 0 Å². The predicted molar refractivity (Wildman–Crippen MR) is 65.3 cm³/mol. The number of nitrogens with zero attached hydrogens (tertiary/aromatic N) is 1. The highest BCUT2D eigenvalue weighted by Crippen LogP contribution is 2.14. The van der Waals surface area contributed by atoms with Crippen molar-refractivity contribution < 1.29 is 13.2 Å². The molecule has 0 radical (unpaired) electrons. The molecule has 0 aliphatic carbocycles. The van der Waals surface area contributed by atoms with Gasteiger partial charge in [0.15, 0.2) is 0 Å². The van der Waals surface area contributed by atoms with Crippen molar-refractivity contribution in [2.75, 3.05) is 20.6 Å². The van der Waals surface area contributed by atoms with Crippen LogP contribution in [0.25, 0.3) is 0 Å². The van der Waals surface area contributed by atoms with Crippen molar-refractivity contribution in [3.8, 4) is 0 Å². The van der Waals surface area contributed by atoms with Crippen LogP contribution < -0.4 is 5.32 Å². The lowest BCUT2D eigenvalue weighted by molar-refractivity contribution is 0.0955. The molecule has 0 saturated carbocycles. The Labute approximate surface area is 101 Å². The second-order valence-electron chi connectivity index (χ2n) is 3.67. The molecule has 0 aromatic heterocycles. The molecule has 1 aromatic rings. The Bertz CT molecular complexity index is 509. The molecule has 5 nitrogen and oxygen atoms in total. The fraction of sp³-hybridized carbons (Fsp3) is 0.364. The zero-order valence-corrected chi connectivity index (χ0v) is 10.9. The number of rotatable bonds is 4. The average Bonchev–Trinajstić information content (AvgIpc) is 2.29. The zero-order chi connectivity index (χ0) is 13.1. The van der Waals surface area contributed by atoms with E-state index < -0.39 is 10.0 Å². The van der Waals surface area contributed by atoms with Gasteiger partial charge >= 0.3 is 0 Å². The van der Waals surface area contributed by atoms with Crippen molar-refractivity contribution in [1.29, 1.82) is 0 Å². The largest absolute Gasteiger partial charge is 0.352 e. The van der Waals surface area contributed by atoms with Gasteiger partial charge in [0.1, 0.15) is 0 Å². The summed E-state index contributed by atoms with van der Waals surface area (Å²) in [6.45, 7) is 2.31. The van der Waals surface area contributed by atoms with Gasteiger partial charge in [0.05, 0.1) is 4.90 Å². The van der Waals surface area contributed by atoms with Crippen molar-refractivity contribution in [2.24, 2.45) is 0 Å². The summed E-state index contributed by atoms with van der Waals surface area (Å²) < 4.78 is 24.8. The highest BCUT2D eigenvalue weighted by Gasteiger charge is 2.18. The summed E-state index contributed by atoms with van der Waals surface area (Å²) in [7, 11) is -0.590. The van der Waals surface area contributed by atoms with E-state index in [0.29, 0.717) is 12.1 Å². The number of carbonyl (C=O) groups is 1. The first-order valence-electron chi connectivity index (χ1n) is 5.20. The van der Waals surface area contributed by atoms with Crippen molar-refractivity contribution in [3.63, 3.8) is 0 Å². The second-order valence-corrected chi connectivity index (χ2v) is 5.83. The maximum absolute atomic E-state index is 11.9. The lowest BCUT2D eigenvalue weighted by atomic mass is 10.2. The Morgan fingerprint density at radius 3 is 2.53 bits per heavy atom. The van der Waals surface area contributed by atoms with Crippen LogP contribution >= 0.6 is 0 Å². The first-order chi connectivity index (χ1) is 7.89. The SMILES string of the molecule is CCNC(=O)c1cccc(S(=O)(=O)N(C)C)c1. The minimum atomic E-state index is -3.49. The van der Waals surface area contributed by atoms with Crippen LogP contribution in [0.15, 0.2) is 29.2 Å². The average molecular weight is 256 g/mol. The first kappa shape index (κ1) is 13.7. The normalized spacial score (nSPS) is 11.5. The van der Waals surface area contributed by atoms with Gasteiger partial charge in [-0.05, 0) is 25.1 Å². The molecule has 0 heterocycles. The van der Waals surface area contributed by atoms with E-state index in [4.69, 9.17) is 0 Å². The van der Waals surface area contributed by atoms with E-state index in [-0.39, 0.29) is 10.8 Å². The molecule has 6 heteroatoms. The Kier molecular flexibility index (Phi) is 4.25. The Morgan fingerprint density at radius 2 is 2.00 bits per heavy atom. The zero-order valence-electron chi connectivity index (χ0n) is 10.1. The molecule has 0 atom stereocenters. The monoisotopic (exact) mass is 256 g/mol. The summed E-state index contributed by atoms with van der Waals surface area (Å²) in [5.41, 5.74) is 0.342. The van der Waals surface area contributed by atoms with Gasteiger partial charge in [-0.2, -0.15) is 0 Å². The quantitative estimate of drug-likeness (QED) is 0.861. The summed E-state index contributed by atoms with van der Waals surface area (Å²) in [6.07, 6.45) is 0. The number of carbonyl (C=O) groups excluding carboxylic acids is 1. The third-order valence-electron chi connectivity index (χ3n) is 2.21. The third kappa shape index (κ3) is 3.04. The van der Waals surface area contributed by atoms with Crippen molar-refractivity contribution in [3.05, 3.63) is 29.8 Å². The third-order valence-corrected chi connectivity index (χ3v) is 4.02. The number of hydrogen-bond acceptors (Lipinski definition) is 3. The molecule has 0 bridgehead atoms. The number of sulfonamides is 1. The van der Waals surface area contributed by atoms with Gasteiger partial charge in [-0.1, -0.05) is 6.07 Å². The Balaban J connectivity index is 3.14. The van der Waals surface area contributed by atoms with Gasteiger partial charge in [0, 0.05) is 26.2 Å². The fourth-order valence-electron chi connectivity index (χ4n) is 1.27. The van der Waals surface area contributed by atoms with Gasteiger partial charge < -0.3 is 5.32 Å². The number of benzene rings is 1. The maximum atomic E-state index is 11.9. The molecule has 94 valence electrons. The molecule has 0 aliphatic heterocycles. The number of hydrogen-bond donors (Lipinski definition) is 1. The van der Waals surface area contributed by atoms with Crippen LogP contribution in [-0.2, 0) is 10.0 Å². The van der Waals surface area contributed by atoms with Crippen LogP contribution in [0.3, 0.4) is 0 Å². The van der Waals surface area contributed by atoms with Gasteiger partial charge in [-0.25, -0.2) is 12.7 Å². The van der Waals surface area contributed by atoms with E-state index in [2.05, 4.69) is 5.32 Å². The van der Waals surface area contributed by atoms with E-state index in [0.717, 1.165) is 4.31 Å². The lowest BCUT2D eigenvalue weighted by Gasteiger charge is -2.12. The Morgan fingerprint density at radius 1 is 1.35 bits per heavy atom. The van der Waals surface area contributed by atoms with Gasteiger partial charge in [-0.15, -0.1) is 0 Å². The summed E-state index contributed by atoms with van der Waals surface area (Å²) in [5.74, 6) is -0.275. The molecule has 0 aliphatic rings. The minimum Gasteiger partial charge on any atom is -0.352 e. The molecule has 0 spiro atoms. The van der Waals surface area contributed by atoms with Crippen molar-refractivity contribution >= 4 is 15.9 Å². The molecule has 1 aromatic carbocycles. The van der Waals surface area contributed by atoms with Crippen LogP contribution in [0.1, 0.15) is 17.3 Å². The predicted octanol–water partition coefficient (Wildman–Crippen LogP) is 0.687. The number of amides is 1. The summed E-state index contributed by atoms with van der Waals surface area (Å²) in [6, 6.07) is 5.99. The summed E-state index contributed by atoms with van der Waals surface area (Å²) in [5, 5.41) is 2.62. The summed E-state index contributed by atoms with van der Waals surface area (Å²) >= 11 is 0. The van der Waals surface area contributed by atoms with Crippen LogP contribution in [-0.4, -0.2) is 39.3 Å². The lowest BCUT2D eigenvalue weighted by Crippen LogP contribution is -2.25. The number of nitrogens with one attached hydrogen (secondary N) is 1. The first-order valence-corrected chi connectivity index (χ1v) is 6.64. The standard InChI is InChI=1S/C11H16N2O3S/c1-4-12-11(14)9-6-5-7-10(8-9)17(15,16)13(2)3/h5-8H,4H2,1-3H3,(H,12,14). The van der Waals surface area contributed by atoms with Gasteiger partial charge in [0.25, 0.3) is 5.91 Å². The highest BCUT2D eigenvalue weighted by atomic mass is 32.2. The molecule has 1 amide bonds. The Hall–Kier alpha value is -1.40. The highest BCUT2D eigenvalue weighted by molar-refractivity contribution is 7.89. The molecular formula is C11H16N2O3S. The van der Waals surface area contributed by atoms with Crippen molar-refractivity contribution in [2.45, 2.75) is 11.8 Å². The van der Waals surface area contributed by atoms with Gasteiger partial charge in [-0.3, -0.25) is 4.79 Å². The minimum absolute atomic E-state index is 0.117. The molecule has 1 N–H and O–H groups in total. The molecule has 0 saturated heterocycles. The molecule has 0 unspecified atom stereocenters. The van der Waals surface area contributed by atoms with Crippen LogP contribution in [0.5, 0.6) is 0 Å². The second kappa shape index (κ2) is 5.29. The van der Waals surface area contributed by atoms with Crippen molar-refractivity contribution in [1.82, 2.24) is 9.62 Å². The van der Waals surface area contributed by atoms with Crippen LogP contribution in [0, 0.1) is 0 Å². The maximum Gasteiger partial charge on any atom is 0.251 e. The molecule has 0 fully saturated rings. The molecule has 17 heavy (non-hydrogen) atoms. The van der Waals surface area contributed by atoms with E-state index in [1.54, 1.807) is 19.1 Å². The molecule has 1 rings (SSSR count). The smallest absolute Gasteiger partial charge is 0.251 e.